The van der Waals surface area contributed by atoms with Gasteiger partial charge in [0.1, 0.15) is 11.4 Å². The molecule has 4 nitrogen and oxygen atoms in total. The lowest BCUT2D eigenvalue weighted by Gasteiger charge is -2.43. The molecule has 9 heteroatoms. The van der Waals surface area contributed by atoms with Crippen LogP contribution in [-0.2, 0) is 4.74 Å². The summed E-state index contributed by atoms with van der Waals surface area (Å²) in [5, 5.41) is 0.381. The van der Waals surface area contributed by atoms with Gasteiger partial charge in [0.25, 0.3) is 0 Å². The third-order valence-electron chi connectivity index (χ3n) is 4.11. The lowest BCUT2D eigenvalue weighted by Crippen LogP contribution is -2.62. The Morgan fingerprint density at radius 3 is 2.44 bits per heavy atom. The molecule has 1 amide bonds. The van der Waals surface area contributed by atoms with E-state index in [0.29, 0.717) is 15.1 Å². The molecule has 1 saturated heterocycles. The largest absolute Gasteiger partial charge is 0.474 e. The number of carbonyl (C=O) groups is 1. The molecule has 0 bridgehead atoms. The average Bonchev–Trinajstić information content (AvgIpc) is 2.48. The number of likely N-dealkylation sites (tertiary alicyclic amines) is 1. The normalized spacial score (nSPS) is 21.1. The number of rotatable bonds is 2. The number of hydrogen-bond acceptors (Lipinski definition) is 3. The van der Waals surface area contributed by atoms with Crippen molar-refractivity contribution >= 4 is 33.6 Å². The van der Waals surface area contributed by atoms with E-state index in [0.717, 1.165) is 4.90 Å². The van der Waals surface area contributed by atoms with E-state index >= 15 is 0 Å². The van der Waals surface area contributed by atoms with Crippen molar-refractivity contribution < 1.29 is 27.4 Å². The summed E-state index contributed by atoms with van der Waals surface area (Å²) < 4.78 is 53.3. The molecule has 0 saturated carbocycles. The smallest absolute Gasteiger partial charge is 0.430 e. The van der Waals surface area contributed by atoms with Crippen LogP contribution in [0.2, 0.25) is 5.02 Å². The second-order valence-electron chi connectivity index (χ2n) is 7.63. The van der Waals surface area contributed by atoms with E-state index in [9.17, 15) is 18.0 Å². The van der Waals surface area contributed by atoms with Gasteiger partial charge in [0, 0.05) is 11.6 Å². The molecule has 2 rings (SSSR count). The van der Waals surface area contributed by atoms with Gasteiger partial charge in [-0.2, -0.15) is 13.2 Å². The van der Waals surface area contributed by atoms with Gasteiger partial charge in [0.05, 0.1) is 11.0 Å². The van der Waals surface area contributed by atoms with E-state index in [4.69, 9.17) is 21.1 Å². The number of carbonyl (C=O) groups excluding carboxylic acids is 1. The van der Waals surface area contributed by atoms with Crippen molar-refractivity contribution in [1.29, 1.82) is 0 Å². The van der Waals surface area contributed by atoms with Crippen molar-refractivity contribution in [2.45, 2.75) is 57.9 Å². The van der Waals surface area contributed by atoms with Crippen LogP contribution in [0.4, 0.5) is 18.0 Å². The predicted molar refractivity (Wildman–Crippen MR) is 100 cm³/mol. The molecule has 0 aliphatic carbocycles. The van der Waals surface area contributed by atoms with Gasteiger partial charge in [-0.15, -0.1) is 0 Å². The zero-order valence-corrected chi connectivity index (χ0v) is 17.9. The number of alkyl halides is 3. The maximum absolute atomic E-state index is 14.1. The molecule has 1 aromatic rings. The van der Waals surface area contributed by atoms with E-state index in [1.807, 2.05) is 0 Å². The van der Waals surface area contributed by atoms with Crippen molar-refractivity contribution in [3.05, 3.63) is 27.2 Å². The fraction of sp³-hybridized carbons (Fsp3) is 0.611. The van der Waals surface area contributed by atoms with Crippen LogP contribution in [0.3, 0.4) is 0 Å². The summed E-state index contributed by atoms with van der Waals surface area (Å²) in [5.74, 6) is 0.0581. The first-order valence-electron chi connectivity index (χ1n) is 8.43. The molecule has 1 fully saturated rings. The monoisotopic (exact) mass is 471 g/mol. The van der Waals surface area contributed by atoms with Crippen LogP contribution in [0.15, 0.2) is 16.6 Å². The third-order valence-corrected chi connectivity index (χ3v) is 4.92. The second-order valence-corrected chi connectivity index (χ2v) is 8.92. The zero-order chi connectivity index (χ0) is 20.6. The highest BCUT2D eigenvalue weighted by Gasteiger charge is 2.60. The quantitative estimate of drug-likeness (QED) is 0.520. The first-order chi connectivity index (χ1) is 12.2. The molecule has 1 aliphatic heterocycles. The van der Waals surface area contributed by atoms with Gasteiger partial charge >= 0.3 is 12.3 Å². The summed E-state index contributed by atoms with van der Waals surface area (Å²) >= 11 is 9.16. The van der Waals surface area contributed by atoms with E-state index in [2.05, 4.69) is 15.9 Å². The molecule has 1 atom stereocenters. The third kappa shape index (κ3) is 5.22. The number of benzene rings is 1. The van der Waals surface area contributed by atoms with Crippen LogP contribution < -0.4 is 4.74 Å². The Labute approximate surface area is 170 Å². The van der Waals surface area contributed by atoms with E-state index in [-0.39, 0.29) is 25.1 Å². The number of piperidine rings is 1. The van der Waals surface area contributed by atoms with Gasteiger partial charge in [-0.05, 0) is 74.2 Å². The number of ether oxygens (including phenoxy) is 2. The maximum atomic E-state index is 14.1. The lowest BCUT2D eigenvalue weighted by molar-refractivity contribution is -0.261. The van der Waals surface area contributed by atoms with Crippen LogP contribution in [0.5, 0.6) is 5.75 Å². The maximum Gasteiger partial charge on any atom is 0.430 e. The molecular formula is C18H22BrClF3NO3. The first-order valence-corrected chi connectivity index (χ1v) is 9.60. The summed E-state index contributed by atoms with van der Waals surface area (Å²) in [4.78, 5) is 13.4. The molecule has 1 unspecified atom stereocenters. The summed E-state index contributed by atoms with van der Waals surface area (Å²) in [5.41, 5.74) is -2.86. The fourth-order valence-electron chi connectivity index (χ4n) is 2.89. The highest BCUT2D eigenvalue weighted by molar-refractivity contribution is 9.10. The molecule has 0 N–H and O–H groups in total. The van der Waals surface area contributed by atoms with Gasteiger partial charge in [-0.1, -0.05) is 11.6 Å². The number of amides is 1. The first kappa shape index (κ1) is 22.1. The van der Waals surface area contributed by atoms with E-state index in [1.54, 1.807) is 27.7 Å². The van der Waals surface area contributed by atoms with Gasteiger partial charge in [-0.25, -0.2) is 4.79 Å². The van der Waals surface area contributed by atoms with Crippen molar-refractivity contribution in [3.63, 3.8) is 0 Å². The van der Waals surface area contributed by atoms with Crippen LogP contribution in [0, 0.1) is 6.92 Å². The number of nitrogens with zero attached hydrogens (tertiary/aromatic N) is 1. The Morgan fingerprint density at radius 1 is 1.30 bits per heavy atom. The molecular weight excluding hydrogens is 451 g/mol. The van der Waals surface area contributed by atoms with E-state index < -0.39 is 30.0 Å². The molecule has 1 heterocycles. The molecule has 1 aliphatic rings. The fourth-order valence-corrected chi connectivity index (χ4v) is 3.94. The summed E-state index contributed by atoms with van der Waals surface area (Å²) in [7, 11) is 0. The summed E-state index contributed by atoms with van der Waals surface area (Å²) in [6, 6.07) is 3.00. The Morgan fingerprint density at radius 2 is 1.93 bits per heavy atom. The van der Waals surface area contributed by atoms with Crippen molar-refractivity contribution in [2.75, 3.05) is 13.1 Å². The van der Waals surface area contributed by atoms with Gasteiger partial charge in [-0.3, -0.25) is 0 Å². The highest BCUT2D eigenvalue weighted by Crippen LogP contribution is 2.44. The minimum Gasteiger partial charge on any atom is -0.474 e. The minimum atomic E-state index is -4.68. The van der Waals surface area contributed by atoms with Crippen LogP contribution >= 0.6 is 27.5 Å². The summed E-state index contributed by atoms with van der Waals surface area (Å²) in [6.45, 7) is 6.14. The molecule has 152 valence electrons. The molecule has 0 radical (unpaired) electrons. The number of hydrogen-bond donors (Lipinski definition) is 0. The van der Waals surface area contributed by atoms with Crippen molar-refractivity contribution in [3.8, 4) is 5.75 Å². The van der Waals surface area contributed by atoms with Crippen LogP contribution in [-0.4, -0.2) is 41.5 Å². The van der Waals surface area contributed by atoms with Crippen molar-refractivity contribution in [2.24, 2.45) is 0 Å². The zero-order valence-electron chi connectivity index (χ0n) is 15.5. The van der Waals surface area contributed by atoms with E-state index in [1.165, 1.54) is 12.1 Å². The average molecular weight is 473 g/mol. The highest BCUT2D eigenvalue weighted by atomic mass is 79.9. The molecule has 0 aromatic heterocycles. The molecule has 27 heavy (non-hydrogen) atoms. The second kappa shape index (κ2) is 7.70. The van der Waals surface area contributed by atoms with Crippen LogP contribution in [0.1, 0.15) is 39.2 Å². The van der Waals surface area contributed by atoms with Gasteiger partial charge in [0.15, 0.2) is 0 Å². The Kier molecular flexibility index (Phi) is 6.31. The Bertz CT molecular complexity index is 698. The van der Waals surface area contributed by atoms with Crippen LogP contribution in [0.25, 0.3) is 0 Å². The number of aryl methyl sites for hydroxylation is 1. The van der Waals surface area contributed by atoms with Gasteiger partial charge in [0.2, 0.25) is 5.60 Å². The Balaban J connectivity index is 2.36. The number of halogens is 5. The lowest BCUT2D eigenvalue weighted by atomic mass is 9.91. The standard InChI is InChI=1S/C18H22BrClF3NO3/c1-11-8-12(20)9-13(19)14(11)26-17(18(21,22)23)6-5-7-24(10-17)15(25)27-16(2,3)4/h8-9H,5-7,10H2,1-4H3. The van der Waals surface area contributed by atoms with Gasteiger partial charge < -0.3 is 14.4 Å². The molecule has 1 aromatic carbocycles. The minimum absolute atomic E-state index is 0.0581. The Hall–Kier alpha value is -1.15. The molecule has 0 spiro atoms. The topological polar surface area (TPSA) is 38.8 Å². The summed E-state index contributed by atoms with van der Waals surface area (Å²) in [6.07, 6.45) is -5.58. The van der Waals surface area contributed by atoms with Crippen molar-refractivity contribution in [1.82, 2.24) is 4.90 Å². The predicted octanol–water partition coefficient (Wildman–Crippen LogP) is 6.12. The SMILES string of the molecule is Cc1cc(Cl)cc(Br)c1OC1(C(F)(F)F)CCCN(C(=O)OC(C)(C)C)C1.